The smallest absolute Gasteiger partial charge is 0.337 e. The van der Waals surface area contributed by atoms with Crippen molar-refractivity contribution in [2.24, 2.45) is 0 Å². The molecule has 1 aromatic carbocycles. The van der Waals surface area contributed by atoms with Gasteiger partial charge >= 0.3 is 5.97 Å². The van der Waals surface area contributed by atoms with Gasteiger partial charge in [-0.15, -0.1) is 0 Å². The van der Waals surface area contributed by atoms with Crippen LogP contribution in [-0.4, -0.2) is 31.5 Å². The van der Waals surface area contributed by atoms with Crippen molar-refractivity contribution < 1.29 is 18.3 Å². The lowest BCUT2D eigenvalue weighted by atomic mass is 10.1. The van der Waals surface area contributed by atoms with E-state index >= 15 is 0 Å². The Bertz CT molecular complexity index is 739. The van der Waals surface area contributed by atoms with E-state index in [2.05, 4.69) is 9.71 Å². The summed E-state index contributed by atoms with van der Waals surface area (Å²) in [5.74, 6) is -1.06. The van der Waals surface area contributed by atoms with Crippen molar-refractivity contribution in [3.8, 4) is 11.1 Å². The van der Waals surface area contributed by atoms with Crippen LogP contribution in [0.25, 0.3) is 11.1 Å². The minimum Gasteiger partial charge on any atom is -0.478 e. The molecule has 1 heterocycles. The average Bonchev–Trinajstić information content (AvgIpc) is 2.47. The van der Waals surface area contributed by atoms with E-state index in [1.807, 2.05) is 0 Å². The van der Waals surface area contributed by atoms with Gasteiger partial charge in [-0.05, 0) is 30.8 Å². The van der Waals surface area contributed by atoms with Gasteiger partial charge in [0.15, 0.2) is 0 Å². The molecule has 104 valence electrons. The van der Waals surface area contributed by atoms with Crippen LogP contribution in [0.2, 0.25) is 0 Å². The summed E-state index contributed by atoms with van der Waals surface area (Å²) in [6, 6.07) is 7.60. The number of aromatic nitrogens is 1. The van der Waals surface area contributed by atoms with Crippen LogP contribution < -0.4 is 4.72 Å². The molecular formula is C13H12N2O4S. The SMILES string of the molecule is CNS(=O)(=O)c1ccc(-c2cncc(C(=O)O)c2)cc1. The zero-order valence-electron chi connectivity index (χ0n) is 10.6. The highest BCUT2D eigenvalue weighted by atomic mass is 32.2. The lowest BCUT2D eigenvalue weighted by molar-refractivity contribution is 0.0696. The zero-order chi connectivity index (χ0) is 14.8. The van der Waals surface area contributed by atoms with Crippen LogP contribution in [0, 0.1) is 0 Å². The van der Waals surface area contributed by atoms with E-state index in [-0.39, 0.29) is 10.5 Å². The third-order valence-corrected chi connectivity index (χ3v) is 4.18. The van der Waals surface area contributed by atoms with E-state index in [0.717, 1.165) is 0 Å². The number of carbonyl (C=O) groups is 1. The number of benzene rings is 1. The molecule has 7 heteroatoms. The summed E-state index contributed by atoms with van der Waals surface area (Å²) in [6.45, 7) is 0. The Labute approximate surface area is 116 Å². The highest BCUT2D eigenvalue weighted by Crippen LogP contribution is 2.21. The molecule has 0 aliphatic heterocycles. The van der Waals surface area contributed by atoms with Crippen LogP contribution in [0.3, 0.4) is 0 Å². The first-order valence-corrected chi connectivity index (χ1v) is 7.14. The second-order valence-corrected chi connectivity index (χ2v) is 5.89. The van der Waals surface area contributed by atoms with Crippen molar-refractivity contribution in [3.05, 3.63) is 48.3 Å². The molecule has 2 rings (SSSR count). The molecular weight excluding hydrogens is 280 g/mol. The van der Waals surface area contributed by atoms with Crippen molar-refractivity contribution in [2.45, 2.75) is 4.90 Å². The number of pyridine rings is 1. The molecule has 20 heavy (non-hydrogen) atoms. The third kappa shape index (κ3) is 2.84. The molecule has 0 radical (unpaired) electrons. The molecule has 1 aromatic heterocycles. The number of hydrogen-bond donors (Lipinski definition) is 2. The molecule has 6 nitrogen and oxygen atoms in total. The number of rotatable bonds is 4. The second kappa shape index (κ2) is 5.40. The fourth-order valence-corrected chi connectivity index (χ4v) is 2.39. The van der Waals surface area contributed by atoms with Gasteiger partial charge in [0.1, 0.15) is 0 Å². The van der Waals surface area contributed by atoms with Gasteiger partial charge < -0.3 is 5.11 Å². The highest BCUT2D eigenvalue weighted by molar-refractivity contribution is 7.89. The summed E-state index contributed by atoms with van der Waals surface area (Å²) in [6.07, 6.45) is 2.78. The van der Waals surface area contributed by atoms with Crippen molar-refractivity contribution in [3.63, 3.8) is 0 Å². The predicted octanol–water partition coefficient (Wildman–Crippen LogP) is 1.35. The number of carboxylic acids is 1. The summed E-state index contributed by atoms with van der Waals surface area (Å²) in [5, 5.41) is 8.91. The van der Waals surface area contributed by atoms with E-state index in [1.165, 1.54) is 37.6 Å². The quantitative estimate of drug-likeness (QED) is 0.886. The first-order valence-electron chi connectivity index (χ1n) is 5.66. The lowest BCUT2D eigenvalue weighted by Crippen LogP contribution is -2.18. The second-order valence-electron chi connectivity index (χ2n) is 4.00. The van der Waals surface area contributed by atoms with Gasteiger partial charge in [0.25, 0.3) is 0 Å². The third-order valence-electron chi connectivity index (χ3n) is 2.75. The lowest BCUT2D eigenvalue weighted by Gasteiger charge is -2.05. The molecule has 0 bridgehead atoms. The molecule has 2 aromatic rings. The first-order chi connectivity index (χ1) is 9.44. The van der Waals surface area contributed by atoms with Crippen molar-refractivity contribution in [1.29, 1.82) is 0 Å². The number of hydrogen-bond acceptors (Lipinski definition) is 4. The predicted molar refractivity (Wildman–Crippen MR) is 72.9 cm³/mol. The molecule has 0 aliphatic carbocycles. The van der Waals surface area contributed by atoms with E-state index in [4.69, 9.17) is 5.11 Å². The zero-order valence-corrected chi connectivity index (χ0v) is 11.4. The van der Waals surface area contributed by atoms with Crippen LogP contribution in [0.4, 0.5) is 0 Å². The number of aromatic carboxylic acids is 1. The normalized spacial score (nSPS) is 11.2. The van der Waals surface area contributed by atoms with Gasteiger partial charge in [0, 0.05) is 18.0 Å². The van der Waals surface area contributed by atoms with Gasteiger partial charge in [0.05, 0.1) is 10.5 Å². The maximum absolute atomic E-state index is 11.6. The summed E-state index contributed by atoms with van der Waals surface area (Å²) in [4.78, 5) is 14.9. The van der Waals surface area contributed by atoms with E-state index < -0.39 is 16.0 Å². The molecule has 2 N–H and O–H groups in total. The molecule has 0 fully saturated rings. The maximum atomic E-state index is 11.6. The Morgan fingerprint density at radius 1 is 1.15 bits per heavy atom. The first kappa shape index (κ1) is 14.2. The number of carboxylic acid groups (broad SMARTS) is 1. The molecule has 0 aliphatic rings. The van der Waals surface area contributed by atoms with Gasteiger partial charge in [-0.3, -0.25) is 4.98 Å². The van der Waals surface area contributed by atoms with Gasteiger partial charge in [0.2, 0.25) is 10.0 Å². The summed E-state index contributed by atoms with van der Waals surface area (Å²) >= 11 is 0. The van der Waals surface area contributed by atoms with Crippen LogP contribution in [0.1, 0.15) is 10.4 Å². The average molecular weight is 292 g/mol. The fourth-order valence-electron chi connectivity index (χ4n) is 1.66. The molecule has 0 saturated heterocycles. The number of nitrogens with one attached hydrogen (secondary N) is 1. The number of nitrogens with zero attached hydrogens (tertiary/aromatic N) is 1. The molecule has 0 atom stereocenters. The summed E-state index contributed by atoms with van der Waals surface area (Å²) < 4.78 is 25.4. The summed E-state index contributed by atoms with van der Waals surface area (Å²) in [5.41, 5.74) is 1.38. The number of sulfonamides is 1. The van der Waals surface area contributed by atoms with Gasteiger partial charge in [-0.2, -0.15) is 0 Å². The van der Waals surface area contributed by atoms with Crippen LogP contribution in [-0.2, 0) is 10.0 Å². The van der Waals surface area contributed by atoms with Crippen LogP contribution >= 0.6 is 0 Å². The Kier molecular flexibility index (Phi) is 3.82. The maximum Gasteiger partial charge on any atom is 0.337 e. The van der Waals surface area contributed by atoms with Crippen molar-refractivity contribution in [2.75, 3.05) is 7.05 Å². The minimum atomic E-state index is -3.48. The van der Waals surface area contributed by atoms with Gasteiger partial charge in [-0.25, -0.2) is 17.9 Å². The Morgan fingerprint density at radius 2 is 1.80 bits per heavy atom. The van der Waals surface area contributed by atoms with Gasteiger partial charge in [-0.1, -0.05) is 12.1 Å². The molecule has 0 saturated carbocycles. The van der Waals surface area contributed by atoms with E-state index in [9.17, 15) is 13.2 Å². The molecule has 0 amide bonds. The van der Waals surface area contributed by atoms with E-state index in [1.54, 1.807) is 12.1 Å². The Morgan fingerprint density at radius 3 is 2.35 bits per heavy atom. The van der Waals surface area contributed by atoms with Crippen LogP contribution in [0.15, 0.2) is 47.6 Å². The topological polar surface area (TPSA) is 96.4 Å². The van der Waals surface area contributed by atoms with Crippen molar-refractivity contribution in [1.82, 2.24) is 9.71 Å². The molecule has 0 unspecified atom stereocenters. The monoisotopic (exact) mass is 292 g/mol. The van der Waals surface area contributed by atoms with Crippen LogP contribution in [0.5, 0.6) is 0 Å². The largest absolute Gasteiger partial charge is 0.478 e. The minimum absolute atomic E-state index is 0.0782. The Balaban J connectivity index is 2.40. The summed E-state index contributed by atoms with van der Waals surface area (Å²) in [7, 11) is -2.14. The van der Waals surface area contributed by atoms with Crippen molar-refractivity contribution >= 4 is 16.0 Å². The Hall–Kier alpha value is -2.25. The standard InChI is InChI=1S/C13H12N2O4S/c1-14-20(18,19)12-4-2-9(3-5-12)10-6-11(13(16)17)8-15-7-10/h2-8,14H,1H3,(H,16,17). The highest BCUT2D eigenvalue weighted by Gasteiger charge is 2.11. The molecule has 0 spiro atoms. The fraction of sp³-hybridized carbons (Fsp3) is 0.0769. The van der Waals surface area contributed by atoms with E-state index in [0.29, 0.717) is 11.1 Å².